The summed E-state index contributed by atoms with van der Waals surface area (Å²) in [5.41, 5.74) is -0.312. The zero-order valence-electron chi connectivity index (χ0n) is 11.9. The first-order valence-electron chi connectivity index (χ1n) is 6.85. The summed E-state index contributed by atoms with van der Waals surface area (Å²) in [6.07, 6.45) is 0.302. The fourth-order valence-electron chi connectivity index (χ4n) is 2.80. The molecule has 1 aliphatic heterocycles. The maximum atomic E-state index is 10.3. The number of aliphatic hydroxyl groups is 2. The summed E-state index contributed by atoms with van der Waals surface area (Å²) in [6, 6.07) is -0.517. The van der Waals surface area contributed by atoms with Gasteiger partial charge in [-0.1, -0.05) is 0 Å². The maximum absolute atomic E-state index is 10.3. The first-order valence-corrected chi connectivity index (χ1v) is 6.85. The number of aliphatic imine (C=N–C) groups is 2. The predicted molar refractivity (Wildman–Crippen MR) is 74.7 cm³/mol. The highest BCUT2D eigenvalue weighted by Crippen LogP contribution is 2.49. The zero-order valence-corrected chi connectivity index (χ0v) is 11.9. The highest BCUT2D eigenvalue weighted by molar-refractivity contribution is 5.82. The maximum Gasteiger partial charge on any atom is 0.187 e. The second kappa shape index (κ2) is 5.21. The molecule has 0 aromatic carbocycles. The van der Waals surface area contributed by atoms with Gasteiger partial charge in [-0.2, -0.15) is 0 Å². The third-order valence-electron chi connectivity index (χ3n) is 3.77. The van der Waals surface area contributed by atoms with Crippen molar-refractivity contribution in [2.24, 2.45) is 27.7 Å². The van der Waals surface area contributed by atoms with Crippen LogP contribution in [0.4, 0.5) is 0 Å². The quantitative estimate of drug-likeness (QED) is 0.746. The van der Waals surface area contributed by atoms with E-state index >= 15 is 0 Å². The number of hydrogen-bond donors (Lipinski definition) is 2. The lowest BCUT2D eigenvalue weighted by molar-refractivity contribution is 0.0549. The summed E-state index contributed by atoms with van der Waals surface area (Å²) in [7, 11) is 0. The number of nitrogens with zero attached hydrogens (tertiary/aromatic N) is 2. The minimum absolute atomic E-state index is 0.0180. The van der Waals surface area contributed by atoms with Gasteiger partial charge in [-0.05, 0) is 39.8 Å². The standard InChI is InChI=1S/C14H24N2O3/c1-14(2,3)19-13-9-5-8(9)10(6-15-4)12(18)11(7-17)16-13/h8-12,17-18H,4-7H2,1-3H3. The minimum Gasteiger partial charge on any atom is -0.475 e. The van der Waals surface area contributed by atoms with Crippen LogP contribution in [-0.4, -0.2) is 53.7 Å². The average molecular weight is 268 g/mol. The predicted octanol–water partition coefficient (Wildman–Crippen LogP) is 0.888. The molecule has 0 amide bonds. The third-order valence-corrected chi connectivity index (χ3v) is 3.77. The first kappa shape index (κ1) is 14.5. The first-order chi connectivity index (χ1) is 8.87. The molecule has 0 radical (unpaired) electrons. The van der Waals surface area contributed by atoms with Gasteiger partial charge >= 0.3 is 0 Å². The van der Waals surface area contributed by atoms with Crippen LogP contribution in [0.15, 0.2) is 9.98 Å². The molecule has 2 N–H and O–H groups in total. The van der Waals surface area contributed by atoms with E-state index in [0.717, 1.165) is 6.42 Å². The number of rotatable bonds is 3. The largest absolute Gasteiger partial charge is 0.475 e. The van der Waals surface area contributed by atoms with Crippen molar-refractivity contribution in [3.05, 3.63) is 0 Å². The van der Waals surface area contributed by atoms with Gasteiger partial charge in [0.25, 0.3) is 0 Å². The van der Waals surface area contributed by atoms with Crippen LogP contribution in [0.1, 0.15) is 27.2 Å². The van der Waals surface area contributed by atoms with Crippen molar-refractivity contribution in [3.63, 3.8) is 0 Å². The lowest BCUT2D eigenvalue weighted by atomic mass is 9.92. The van der Waals surface area contributed by atoms with Gasteiger partial charge in [-0.25, -0.2) is 4.99 Å². The van der Waals surface area contributed by atoms with E-state index < -0.39 is 12.1 Å². The van der Waals surface area contributed by atoms with E-state index in [4.69, 9.17) is 4.74 Å². The molecule has 0 spiro atoms. The highest BCUT2D eigenvalue weighted by atomic mass is 16.5. The second-order valence-corrected chi connectivity index (χ2v) is 6.50. The van der Waals surface area contributed by atoms with Gasteiger partial charge in [-0.3, -0.25) is 0 Å². The molecule has 0 bridgehead atoms. The normalized spacial score (nSPS) is 37.9. The van der Waals surface area contributed by atoms with Crippen molar-refractivity contribution in [2.75, 3.05) is 13.2 Å². The van der Waals surface area contributed by atoms with Crippen molar-refractivity contribution in [3.8, 4) is 0 Å². The summed E-state index contributed by atoms with van der Waals surface area (Å²) in [4.78, 5) is 8.36. The van der Waals surface area contributed by atoms with E-state index in [0.29, 0.717) is 18.4 Å². The smallest absolute Gasteiger partial charge is 0.187 e. The van der Waals surface area contributed by atoms with Gasteiger partial charge in [0.2, 0.25) is 0 Å². The number of hydrogen-bond acceptors (Lipinski definition) is 5. The lowest BCUT2D eigenvalue weighted by Gasteiger charge is -2.25. The Bertz CT molecular complexity index is 375. The second-order valence-electron chi connectivity index (χ2n) is 6.50. The van der Waals surface area contributed by atoms with Crippen LogP contribution in [0.2, 0.25) is 0 Å². The Balaban J connectivity index is 2.21. The Kier molecular flexibility index (Phi) is 3.97. The topological polar surface area (TPSA) is 74.4 Å². The van der Waals surface area contributed by atoms with Crippen molar-refractivity contribution < 1.29 is 14.9 Å². The summed E-state index contributed by atoms with van der Waals surface area (Å²) in [6.45, 7) is 9.78. The van der Waals surface area contributed by atoms with Crippen LogP contribution >= 0.6 is 0 Å². The fraction of sp³-hybridized carbons (Fsp3) is 0.857. The molecule has 1 fully saturated rings. The van der Waals surface area contributed by atoms with Gasteiger partial charge < -0.3 is 19.9 Å². The Morgan fingerprint density at radius 2 is 2.16 bits per heavy atom. The molecule has 19 heavy (non-hydrogen) atoms. The molecule has 0 aromatic rings. The lowest BCUT2D eigenvalue weighted by Crippen LogP contribution is -2.37. The summed E-state index contributed by atoms with van der Waals surface area (Å²) in [5, 5.41) is 19.8. The van der Waals surface area contributed by atoms with Crippen LogP contribution in [0, 0.1) is 17.8 Å². The van der Waals surface area contributed by atoms with Crippen molar-refractivity contribution >= 4 is 12.6 Å². The Labute approximate surface area is 114 Å². The average Bonchev–Trinajstić information content (AvgIpc) is 3.08. The van der Waals surface area contributed by atoms with E-state index in [9.17, 15) is 10.2 Å². The van der Waals surface area contributed by atoms with Crippen molar-refractivity contribution in [2.45, 2.75) is 44.9 Å². The van der Waals surface area contributed by atoms with Crippen LogP contribution in [0.5, 0.6) is 0 Å². The van der Waals surface area contributed by atoms with Crippen LogP contribution in [0.25, 0.3) is 0 Å². The molecule has 5 nitrogen and oxygen atoms in total. The number of ether oxygens (including phenoxy) is 1. The van der Waals surface area contributed by atoms with E-state index in [-0.39, 0.29) is 24.0 Å². The molecule has 5 atom stereocenters. The SMILES string of the molecule is C=NCC1C(O)C(CO)N=C(OC(C)(C)C)C2CC21. The Hall–Kier alpha value is -0.940. The van der Waals surface area contributed by atoms with Gasteiger partial charge in [0, 0.05) is 18.4 Å². The molecule has 1 aliphatic carbocycles. The van der Waals surface area contributed by atoms with Crippen molar-refractivity contribution in [1.82, 2.24) is 0 Å². The summed E-state index contributed by atoms with van der Waals surface area (Å²) >= 11 is 0. The molecule has 108 valence electrons. The molecule has 2 rings (SSSR count). The van der Waals surface area contributed by atoms with Gasteiger partial charge in [0.15, 0.2) is 5.90 Å². The molecule has 1 heterocycles. The highest BCUT2D eigenvalue weighted by Gasteiger charge is 2.53. The molecular formula is C14H24N2O3. The molecule has 1 saturated carbocycles. The number of aliphatic hydroxyl groups excluding tert-OH is 2. The minimum atomic E-state index is -0.674. The summed E-state index contributed by atoms with van der Waals surface area (Å²) in [5.74, 6) is 1.31. The Morgan fingerprint density at radius 3 is 2.68 bits per heavy atom. The van der Waals surface area contributed by atoms with Crippen LogP contribution in [0.3, 0.4) is 0 Å². The van der Waals surface area contributed by atoms with E-state index in [2.05, 4.69) is 16.7 Å². The van der Waals surface area contributed by atoms with Crippen molar-refractivity contribution in [1.29, 1.82) is 0 Å². The van der Waals surface area contributed by atoms with Crippen LogP contribution in [-0.2, 0) is 4.74 Å². The van der Waals surface area contributed by atoms with Gasteiger partial charge in [0.1, 0.15) is 11.6 Å². The number of fused-ring (bicyclic) bond motifs is 1. The molecule has 0 aromatic heterocycles. The zero-order chi connectivity index (χ0) is 14.2. The van der Waals surface area contributed by atoms with E-state index in [1.807, 2.05) is 20.8 Å². The molecule has 5 unspecified atom stereocenters. The monoisotopic (exact) mass is 268 g/mol. The third kappa shape index (κ3) is 3.15. The van der Waals surface area contributed by atoms with E-state index in [1.54, 1.807) is 0 Å². The summed E-state index contributed by atoms with van der Waals surface area (Å²) < 4.78 is 5.90. The van der Waals surface area contributed by atoms with Gasteiger partial charge in [-0.15, -0.1) is 0 Å². The van der Waals surface area contributed by atoms with Crippen LogP contribution < -0.4 is 0 Å². The fourth-order valence-corrected chi connectivity index (χ4v) is 2.80. The Morgan fingerprint density at radius 1 is 1.47 bits per heavy atom. The van der Waals surface area contributed by atoms with E-state index in [1.165, 1.54) is 0 Å². The van der Waals surface area contributed by atoms with Gasteiger partial charge in [0.05, 0.1) is 12.7 Å². The molecular weight excluding hydrogens is 244 g/mol. The molecule has 0 saturated heterocycles. The molecule has 5 heteroatoms. The molecule has 2 aliphatic rings.